The summed E-state index contributed by atoms with van der Waals surface area (Å²) in [6.45, 7) is 13.0. The first-order chi connectivity index (χ1) is 23.1. The van der Waals surface area contributed by atoms with Gasteiger partial charge in [0.2, 0.25) is 0 Å². The number of quaternary nitrogens is 1. The quantitative estimate of drug-likeness (QED) is 0.140. The first-order valence-corrected chi connectivity index (χ1v) is 16.0. The second kappa shape index (κ2) is 15.4. The summed E-state index contributed by atoms with van der Waals surface area (Å²) in [4.78, 5) is 1.64. The van der Waals surface area contributed by atoms with Gasteiger partial charge in [0.05, 0.1) is 13.1 Å². The largest absolute Gasteiger partial charge is 0.332 e. The van der Waals surface area contributed by atoms with E-state index in [0.29, 0.717) is 24.3 Å². The van der Waals surface area contributed by atoms with Crippen molar-refractivity contribution in [2.45, 2.75) is 48.1 Å². The van der Waals surface area contributed by atoms with Gasteiger partial charge in [-0.25, -0.2) is 35.1 Å². The highest BCUT2D eigenvalue weighted by molar-refractivity contribution is 7.20. The van der Waals surface area contributed by atoms with Gasteiger partial charge in [0.25, 0.3) is 0 Å². The fourth-order valence-electron chi connectivity index (χ4n) is 6.85. The Morgan fingerprint density at radius 3 is 1.00 bits per heavy atom. The lowest BCUT2D eigenvalue weighted by molar-refractivity contribution is -0.910. The standard InChI is InChI=1S/C28H20BF8.C11H17N/c1-13-21(5-17(30)9-25(13)34)29(22-6-18(31)10-26(35)14(22)2,23-7-19(32)11-27(36)15(23)3)24-8-20(33)12-28(37)16(24)4;1-3-12(4-2)10-11-8-6-5-7-9-11/h5-12H,1-4H3;5-9H,3-4,10H2,1-2H3/q-1;/p+1. The summed E-state index contributed by atoms with van der Waals surface area (Å²) in [7, 11) is 0. The third kappa shape index (κ3) is 7.59. The SMILES string of the molecule is CC[NH+](CC)Cc1ccccc1.Cc1c(F)cc(F)cc1[B-](c1cc(F)cc(F)c1C)(c1cc(F)cc(F)c1C)c1cc(F)cc(F)c1C. The lowest BCUT2D eigenvalue weighted by Crippen LogP contribution is -3.10. The van der Waals surface area contributed by atoms with Crippen molar-refractivity contribution in [2.24, 2.45) is 0 Å². The molecule has 0 aliphatic heterocycles. The summed E-state index contributed by atoms with van der Waals surface area (Å²) in [5.41, 5.74) is -0.650. The maximum atomic E-state index is 15.0. The van der Waals surface area contributed by atoms with Crippen LogP contribution >= 0.6 is 0 Å². The van der Waals surface area contributed by atoms with Crippen LogP contribution in [0.15, 0.2) is 78.9 Å². The van der Waals surface area contributed by atoms with Crippen molar-refractivity contribution < 1.29 is 40.0 Å². The normalized spacial score (nSPS) is 11.5. The molecule has 49 heavy (non-hydrogen) atoms. The molecule has 0 fully saturated rings. The molecular formula is C39H38BF8N. The zero-order valence-electron chi connectivity index (χ0n) is 28.2. The summed E-state index contributed by atoms with van der Waals surface area (Å²) in [5.74, 6) is -8.71. The Hall–Kier alpha value is -4.44. The van der Waals surface area contributed by atoms with Gasteiger partial charge in [-0.2, -0.15) is 21.9 Å². The van der Waals surface area contributed by atoms with Crippen LogP contribution < -0.4 is 26.8 Å². The van der Waals surface area contributed by atoms with Crippen LogP contribution in [-0.2, 0) is 6.54 Å². The lowest BCUT2D eigenvalue weighted by atomic mass is 9.11. The monoisotopic (exact) mass is 683 g/mol. The molecule has 0 unspecified atom stereocenters. The molecule has 0 spiro atoms. The van der Waals surface area contributed by atoms with Gasteiger partial charge < -0.3 is 4.90 Å². The molecule has 0 aromatic heterocycles. The molecule has 10 heteroatoms. The van der Waals surface area contributed by atoms with Crippen molar-refractivity contribution in [3.05, 3.63) is 153 Å². The van der Waals surface area contributed by atoms with Crippen molar-refractivity contribution in [2.75, 3.05) is 13.1 Å². The van der Waals surface area contributed by atoms with Gasteiger partial charge >= 0.3 is 0 Å². The van der Waals surface area contributed by atoms with Crippen LogP contribution in [0, 0.1) is 74.2 Å². The second-order valence-electron chi connectivity index (χ2n) is 12.4. The fourth-order valence-corrected chi connectivity index (χ4v) is 6.85. The Labute approximate surface area is 282 Å². The number of benzene rings is 5. The van der Waals surface area contributed by atoms with Crippen LogP contribution in [0.2, 0.25) is 0 Å². The van der Waals surface area contributed by atoms with Crippen LogP contribution in [0.1, 0.15) is 41.7 Å². The highest BCUT2D eigenvalue weighted by atomic mass is 19.2. The topological polar surface area (TPSA) is 4.44 Å². The smallest absolute Gasteiger partial charge is 0.125 e. The van der Waals surface area contributed by atoms with E-state index in [9.17, 15) is 17.6 Å². The Bertz CT molecular complexity index is 1720. The molecule has 5 rings (SSSR count). The Morgan fingerprint density at radius 1 is 0.449 bits per heavy atom. The number of hydrogen-bond donors (Lipinski definition) is 1. The molecule has 5 aromatic carbocycles. The molecule has 0 aliphatic rings. The summed E-state index contributed by atoms with van der Waals surface area (Å²) in [6.07, 6.45) is -3.39. The maximum Gasteiger partial charge on any atom is 0.125 e. The summed E-state index contributed by atoms with van der Waals surface area (Å²) in [5, 5.41) is 0. The van der Waals surface area contributed by atoms with E-state index in [1.165, 1.54) is 46.3 Å². The Balaban J connectivity index is 0.000000380. The molecule has 0 radical (unpaired) electrons. The molecule has 0 bridgehead atoms. The Morgan fingerprint density at radius 2 is 0.735 bits per heavy atom. The van der Waals surface area contributed by atoms with E-state index in [1.54, 1.807) is 4.90 Å². The highest BCUT2D eigenvalue weighted by Gasteiger charge is 2.39. The molecule has 0 saturated carbocycles. The molecule has 258 valence electrons. The molecule has 0 saturated heterocycles. The minimum absolute atomic E-state index is 0.237. The van der Waals surface area contributed by atoms with E-state index in [0.717, 1.165) is 30.8 Å². The zero-order chi connectivity index (χ0) is 36.2. The van der Waals surface area contributed by atoms with Gasteiger partial charge in [0.1, 0.15) is 59.2 Å². The number of halogens is 8. The van der Waals surface area contributed by atoms with Crippen LogP contribution in [0.5, 0.6) is 0 Å². The van der Waals surface area contributed by atoms with E-state index in [-0.39, 0.29) is 44.1 Å². The van der Waals surface area contributed by atoms with E-state index >= 15 is 17.6 Å². The van der Waals surface area contributed by atoms with Crippen molar-refractivity contribution >= 4 is 28.0 Å². The van der Waals surface area contributed by atoms with E-state index in [4.69, 9.17) is 0 Å². The van der Waals surface area contributed by atoms with Gasteiger partial charge in [-0.3, -0.25) is 0 Å². The van der Waals surface area contributed by atoms with Crippen molar-refractivity contribution in [3.8, 4) is 0 Å². The minimum atomic E-state index is -3.39. The molecule has 0 amide bonds. The molecule has 0 heterocycles. The van der Waals surface area contributed by atoms with Crippen LogP contribution in [-0.4, -0.2) is 19.2 Å². The fraction of sp³-hybridized carbons (Fsp3) is 0.231. The molecule has 0 aliphatic carbocycles. The minimum Gasteiger partial charge on any atom is -0.332 e. The van der Waals surface area contributed by atoms with Crippen molar-refractivity contribution in [3.63, 3.8) is 0 Å². The van der Waals surface area contributed by atoms with E-state index < -0.39 is 52.7 Å². The zero-order valence-corrected chi connectivity index (χ0v) is 28.2. The number of nitrogens with one attached hydrogen (secondary N) is 1. The maximum absolute atomic E-state index is 15.0. The third-order valence-corrected chi connectivity index (χ3v) is 9.56. The summed E-state index contributed by atoms with van der Waals surface area (Å²) in [6, 6.07) is 16.4. The molecule has 0 atom stereocenters. The molecule has 1 N–H and O–H groups in total. The summed E-state index contributed by atoms with van der Waals surface area (Å²) >= 11 is 0. The van der Waals surface area contributed by atoms with Gasteiger partial charge in [0, 0.05) is 29.8 Å². The van der Waals surface area contributed by atoms with Gasteiger partial charge in [-0.05, 0) is 63.8 Å². The Kier molecular flexibility index (Phi) is 11.8. The van der Waals surface area contributed by atoms with Gasteiger partial charge in [-0.15, -0.1) is 0 Å². The van der Waals surface area contributed by atoms with Crippen LogP contribution in [0.4, 0.5) is 35.1 Å². The third-order valence-electron chi connectivity index (χ3n) is 9.56. The average molecular weight is 684 g/mol. The van der Waals surface area contributed by atoms with Crippen molar-refractivity contribution in [1.82, 2.24) is 0 Å². The highest BCUT2D eigenvalue weighted by Crippen LogP contribution is 2.23. The van der Waals surface area contributed by atoms with Gasteiger partial charge in [-0.1, -0.05) is 54.6 Å². The van der Waals surface area contributed by atoms with Gasteiger partial charge in [0.15, 0.2) is 0 Å². The number of rotatable bonds is 8. The first kappa shape index (κ1) is 37.4. The van der Waals surface area contributed by atoms with Crippen LogP contribution in [0.3, 0.4) is 0 Å². The lowest BCUT2D eigenvalue weighted by Gasteiger charge is -2.48. The first-order valence-electron chi connectivity index (χ1n) is 16.0. The second-order valence-corrected chi connectivity index (χ2v) is 12.4. The van der Waals surface area contributed by atoms with Crippen LogP contribution in [0.25, 0.3) is 0 Å². The molecular weight excluding hydrogens is 645 g/mol. The van der Waals surface area contributed by atoms with E-state index in [2.05, 4.69) is 44.2 Å². The predicted octanol–water partition coefficient (Wildman–Crippen LogP) is 6.52. The summed E-state index contributed by atoms with van der Waals surface area (Å²) < 4.78 is 119. The predicted molar refractivity (Wildman–Crippen MR) is 181 cm³/mol. The average Bonchev–Trinajstić information content (AvgIpc) is 3.05. The van der Waals surface area contributed by atoms with E-state index in [1.807, 2.05) is 0 Å². The van der Waals surface area contributed by atoms with Crippen molar-refractivity contribution in [1.29, 1.82) is 0 Å². The molecule has 1 nitrogen and oxygen atoms in total. The number of hydrogen-bond acceptors (Lipinski definition) is 0. The molecule has 5 aromatic rings.